The van der Waals surface area contributed by atoms with Crippen LogP contribution in [0, 0.1) is 5.92 Å². The molecule has 2 saturated heterocycles. The van der Waals surface area contributed by atoms with Crippen molar-refractivity contribution >= 4 is 27.7 Å². The predicted molar refractivity (Wildman–Crippen MR) is 110 cm³/mol. The lowest BCUT2D eigenvalue weighted by molar-refractivity contribution is 0.0928. The molecular formula is C19H29N3O3S2. The lowest BCUT2D eigenvalue weighted by Crippen LogP contribution is -2.43. The first kappa shape index (κ1) is 20.6. The number of rotatable bonds is 6. The maximum atomic E-state index is 12.4. The van der Waals surface area contributed by atoms with Crippen LogP contribution < -0.4 is 5.32 Å². The number of thioether (sulfide) groups is 1. The number of carbonyl (C=O) groups excluding carboxylic acids is 1. The third-order valence-electron chi connectivity index (χ3n) is 5.52. The van der Waals surface area contributed by atoms with Crippen LogP contribution in [0.5, 0.6) is 0 Å². The van der Waals surface area contributed by atoms with E-state index in [9.17, 15) is 13.2 Å². The molecule has 150 valence electrons. The second-order valence-electron chi connectivity index (χ2n) is 7.52. The SMILES string of the molecule is CN(C)S(=O)(=O)c1ccc(C(=O)NCC2CCN([C@@H]3CCSC3)CC2)cc1. The number of benzene rings is 1. The average Bonchev–Trinajstić information content (AvgIpc) is 3.21. The van der Waals surface area contributed by atoms with E-state index in [4.69, 9.17) is 0 Å². The molecule has 3 rings (SSSR count). The first-order valence-corrected chi connectivity index (χ1v) is 12.1. The van der Waals surface area contributed by atoms with Crippen molar-refractivity contribution in [1.82, 2.24) is 14.5 Å². The maximum absolute atomic E-state index is 12.4. The fourth-order valence-electron chi connectivity index (χ4n) is 3.66. The standard InChI is InChI=1S/C19H29N3O3S2/c1-21(2)27(24,25)18-5-3-16(4-6-18)19(23)20-13-15-7-10-22(11-8-15)17-9-12-26-14-17/h3-6,15,17H,7-14H2,1-2H3,(H,20,23)/t17-/m1/s1. The molecule has 0 aliphatic carbocycles. The summed E-state index contributed by atoms with van der Waals surface area (Å²) in [5, 5.41) is 3.01. The van der Waals surface area contributed by atoms with Gasteiger partial charge < -0.3 is 5.32 Å². The van der Waals surface area contributed by atoms with Crippen molar-refractivity contribution in [3.05, 3.63) is 29.8 Å². The Morgan fingerprint density at radius 3 is 2.41 bits per heavy atom. The van der Waals surface area contributed by atoms with Crippen molar-refractivity contribution in [3.8, 4) is 0 Å². The lowest BCUT2D eigenvalue weighted by Gasteiger charge is -2.35. The second-order valence-corrected chi connectivity index (χ2v) is 10.8. The quantitative estimate of drug-likeness (QED) is 0.774. The minimum atomic E-state index is -3.47. The molecule has 0 unspecified atom stereocenters. The second kappa shape index (κ2) is 8.94. The molecule has 8 heteroatoms. The Morgan fingerprint density at radius 2 is 1.85 bits per heavy atom. The third kappa shape index (κ3) is 5.04. The zero-order valence-electron chi connectivity index (χ0n) is 16.1. The average molecular weight is 412 g/mol. The van der Waals surface area contributed by atoms with E-state index in [1.54, 1.807) is 12.1 Å². The van der Waals surface area contributed by atoms with Crippen molar-refractivity contribution in [2.75, 3.05) is 45.2 Å². The summed E-state index contributed by atoms with van der Waals surface area (Å²) in [7, 11) is -0.480. The summed E-state index contributed by atoms with van der Waals surface area (Å²) >= 11 is 2.05. The Labute approximate surface area is 166 Å². The van der Waals surface area contributed by atoms with E-state index in [-0.39, 0.29) is 10.8 Å². The van der Waals surface area contributed by atoms with E-state index in [1.807, 2.05) is 0 Å². The first-order chi connectivity index (χ1) is 12.9. The number of hydrogen-bond donors (Lipinski definition) is 1. The first-order valence-electron chi connectivity index (χ1n) is 9.50. The minimum Gasteiger partial charge on any atom is -0.352 e. The summed E-state index contributed by atoms with van der Waals surface area (Å²) in [6.45, 7) is 2.94. The molecule has 2 fully saturated rings. The fourth-order valence-corrected chi connectivity index (χ4v) is 5.82. The van der Waals surface area contributed by atoms with E-state index < -0.39 is 10.0 Å². The molecule has 1 aromatic carbocycles. The Balaban J connectivity index is 1.47. The Morgan fingerprint density at radius 1 is 1.19 bits per heavy atom. The number of carbonyl (C=O) groups is 1. The van der Waals surface area contributed by atoms with Crippen LogP contribution in [0.3, 0.4) is 0 Å². The number of nitrogens with one attached hydrogen (secondary N) is 1. The van der Waals surface area contributed by atoms with E-state index in [1.165, 1.54) is 48.5 Å². The van der Waals surface area contributed by atoms with Gasteiger partial charge in [-0.25, -0.2) is 12.7 Å². The highest BCUT2D eigenvalue weighted by Crippen LogP contribution is 2.26. The molecule has 1 amide bonds. The van der Waals surface area contributed by atoms with Crippen LogP contribution in [0.1, 0.15) is 29.6 Å². The number of nitrogens with zero attached hydrogens (tertiary/aromatic N) is 2. The van der Waals surface area contributed by atoms with Gasteiger partial charge in [0, 0.05) is 38.0 Å². The molecule has 2 aliphatic heterocycles. The number of likely N-dealkylation sites (tertiary alicyclic amines) is 1. The normalized spacial score (nSPS) is 22.3. The lowest BCUT2D eigenvalue weighted by atomic mass is 9.95. The summed E-state index contributed by atoms with van der Waals surface area (Å²) in [5.41, 5.74) is 0.494. The van der Waals surface area contributed by atoms with Crippen LogP contribution in [0.25, 0.3) is 0 Å². The van der Waals surface area contributed by atoms with Crippen molar-refractivity contribution < 1.29 is 13.2 Å². The van der Waals surface area contributed by atoms with E-state index in [2.05, 4.69) is 22.0 Å². The largest absolute Gasteiger partial charge is 0.352 e. The number of piperidine rings is 1. The number of sulfonamides is 1. The molecule has 1 aromatic rings. The van der Waals surface area contributed by atoms with Gasteiger partial charge in [-0.3, -0.25) is 9.69 Å². The minimum absolute atomic E-state index is 0.140. The van der Waals surface area contributed by atoms with Gasteiger partial charge in [0.25, 0.3) is 5.91 Å². The van der Waals surface area contributed by atoms with Crippen LogP contribution in [-0.4, -0.2) is 74.8 Å². The molecule has 0 saturated carbocycles. The molecule has 0 aromatic heterocycles. The molecule has 27 heavy (non-hydrogen) atoms. The van der Waals surface area contributed by atoms with E-state index >= 15 is 0 Å². The van der Waals surface area contributed by atoms with E-state index in [0.29, 0.717) is 18.0 Å². The zero-order valence-corrected chi connectivity index (χ0v) is 17.7. The number of amides is 1. The molecule has 0 radical (unpaired) electrons. The molecule has 0 bridgehead atoms. The Hall–Kier alpha value is -1.09. The zero-order chi connectivity index (χ0) is 19.4. The maximum Gasteiger partial charge on any atom is 0.251 e. The smallest absolute Gasteiger partial charge is 0.251 e. The summed E-state index contributed by atoms with van der Waals surface area (Å²) in [6.07, 6.45) is 3.56. The van der Waals surface area contributed by atoms with Gasteiger partial charge in [0.1, 0.15) is 0 Å². The van der Waals surface area contributed by atoms with Crippen molar-refractivity contribution in [2.24, 2.45) is 5.92 Å². The van der Waals surface area contributed by atoms with Crippen LogP contribution in [0.2, 0.25) is 0 Å². The third-order valence-corrected chi connectivity index (χ3v) is 8.49. The van der Waals surface area contributed by atoms with Gasteiger partial charge in [-0.05, 0) is 68.3 Å². The highest BCUT2D eigenvalue weighted by atomic mass is 32.2. The molecule has 2 aliphatic rings. The Bertz CT molecular complexity index is 736. The van der Waals surface area contributed by atoms with Gasteiger partial charge in [0.05, 0.1) is 4.90 Å². The molecule has 0 spiro atoms. The van der Waals surface area contributed by atoms with Crippen molar-refractivity contribution in [2.45, 2.75) is 30.2 Å². The topological polar surface area (TPSA) is 69.7 Å². The van der Waals surface area contributed by atoms with Crippen molar-refractivity contribution in [1.29, 1.82) is 0 Å². The molecular weight excluding hydrogens is 382 g/mol. The summed E-state index contributed by atoms with van der Waals surface area (Å²) in [5.74, 6) is 2.93. The Kier molecular flexibility index (Phi) is 6.83. The van der Waals surface area contributed by atoms with Gasteiger partial charge in [-0.15, -0.1) is 0 Å². The summed E-state index contributed by atoms with van der Waals surface area (Å²) in [6, 6.07) is 6.88. The van der Waals surface area contributed by atoms with Gasteiger partial charge in [0.15, 0.2) is 0 Å². The summed E-state index contributed by atoms with van der Waals surface area (Å²) in [4.78, 5) is 15.2. The fraction of sp³-hybridized carbons (Fsp3) is 0.632. The van der Waals surface area contributed by atoms with Crippen LogP contribution >= 0.6 is 11.8 Å². The highest BCUT2D eigenvalue weighted by molar-refractivity contribution is 7.99. The molecule has 6 nitrogen and oxygen atoms in total. The number of hydrogen-bond acceptors (Lipinski definition) is 5. The van der Waals surface area contributed by atoms with Crippen LogP contribution in [-0.2, 0) is 10.0 Å². The highest BCUT2D eigenvalue weighted by Gasteiger charge is 2.27. The van der Waals surface area contributed by atoms with Gasteiger partial charge in [0.2, 0.25) is 10.0 Å². The van der Waals surface area contributed by atoms with Gasteiger partial charge in [-0.1, -0.05) is 0 Å². The molecule has 1 atom stereocenters. The van der Waals surface area contributed by atoms with Gasteiger partial charge in [-0.2, -0.15) is 11.8 Å². The van der Waals surface area contributed by atoms with Crippen LogP contribution in [0.4, 0.5) is 0 Å². The van der Waals surface area contributed by atoms with Gasteiger partial charge >= 0.3 is 0 Å². The van der Waals surface area contributed by atoms with Crippen LogP contribution in [0.15, 0.2) is 29.2 Å². The monoisotopic (exact) mass is 411 g/mol. The molecule has 1 N–H and O–H groups in total. The predicted octanol–water partition coefficient (Wildman–Crippen LogP) is 1.88. The summed E-state index contributed by atoms with van der Waals surface area (Å²) < 4.78 is 25.3. The van der Waals surface area contributed by atoms with Crippen molar-refractivity contribution in [3.63, 3.8) is 0 Å². The molecule has 2 heterocycles. The van der Waals surface area contributed by atoms with E-state index in [0.717, 1.165) is 32.0 Å².